The summed E-state index contributed by atoms with van der Waals surface area (Å²) in [4.78, 5) is 15.2. The number of hydroxylamine groups is 1. The van der Waals surface area contributed by atoms with E-state index in [1.807, 2.05) is 7.11 Å². The van der Waals surface area contributed by atoms with Crippen molar-refractivity contribution in [2.24, 2.45) is 54.3 Å². The molecule has 6 atom stereocenters. The second kappa shape index (κ2) is 22.5. The number of rotatable bonds is 14. The minimum Gasteiger partial charge on any atom is -0.381 e. The molecule has 0 spiro atoms. The van der Waals surface area contributed by atoms with Gasteiger partial charge in [0.25, 0.3) is 0 Å². The van der Waals surface area contributed by atoms with Gasteiger partial charge in [-0.3, -0.25) is 10.1 Å². The lowest BCUT2D eigenvalue weighted by molar-refractivity contribution is -0.526. The molecule has 6 aliphatic rings. The number of hydrazone groups is 2. The van der Waals surface area contributed by atoms with Crippen molar-refractivity contribution in [3.63, 3.8) is 0 Å². The van der Waals surface area contributed by atoms with Crippen LogP contribution in [0.3, 0.4) is 0 Å². The summed E-state index contributed by atoms with van der Waals surface area (Å²) < 4.78 is 12.3. The van der Waals surface area contributed by atoms with Crippen molar-refractivity contribution in [2.75, 3.05) is 14.2 Å². The molecule has 0 bridgehead atoms. The Morgan fingerprint density at radius 3 is 1.79 bits per heavy atom. The largest absolute Gasteiger partial charge is 0.381 e. The number of nitrogens with zero attached hydrogens (tertiary/aromatic N) is 7. The molecule has 0 radical (unpaired) electrons. The summed E-state index contributed by atoms with van der Waals surface area (Å²) in [6.07, 6.45) is 24.0. The van der Waals surface area contributed by atoms with Crippen molar-refractivity contribution >= 4 is 11.7 Å². The summed E-state index contributed by atoms with van der Waals surface area (Å²) in [5.74, 6) is 3.21. The van der Waals surface area contributed by atoms with Crippen LogP contribution in [0.15, 0.2) is 30.7 Å². The van der Waals surface area contributed by atoms with Gasteiger partial charge in [-0.15, -0.1) is 15.2 Å². The third-order valence-electron chi connectivity index (χ3n) is 14.1. The number of azo groups is 2. The topological polar surface area (TPSA) is 201 Å². The van der Waals surface area contributed by atoms with E-state index in [0.29, 0.717) is 36.5 Å². The van der Waals surface area contributed by atoms with E-state index in [0.717, 1.165) is 114 Å². The summed E-state index contributed by atoms with van der Waals surface area (Å²) in [5.41, 5.74) is 9.54. The van der Waals surface area contributed by atoms with Crippen LogP contribution in [0.25, 0.3) is 0 Å². The molecule has 6 rings (SSSR count). The Morgan fingerprint density at radius 2 is 1.20 bits per heavy atom. The van der Waals surface area contributed by atoms with Crippen molar-refractivity contribution in [3.05, 3.63) is 10.1 Å². The molecule has 0 aromatic rings. The normalized spacial score (nSPS) is 36.2. The van der Waals surface area contributed by atoms with Gasteiger partial charge in [0, 0.05) is 61.9 Å². The van der Waals surface area contributed by atoms with Gasteiger partial charge in [0.2, 0.25) is 6.04 Å². The van der Waals surface area contributed by atoms with Crippen LogP contribution in [-0.4, -0.2) is 84.5 Å². The van der Waals surface area contributed by atoms with Gasteiger partial charge in [0.15, 0.2) is 11.7 Å². The predicted octanol–water partition coefficient (Wildman–Crippen LogP) is 8.12. The van der Waals surface area contributed by atoms with Crippen LogP contribution < -0.4 is 16.3 Å². The number of amidine groups is 2. The second-order valence-corrected chi connectivity index (χ2v) is 17.7. The van der Waals surface area contributed by atoms with Crippen molar-refractivity contribution in [2.45, 2.75) is 203 Å². The molecule has 0 aromatic heterocycles. The zero-order valence-electron chi connectivity index (χ0n) is 34.0. The van der Waals surface area contributed by atoms with Gasteiger partial charge in [-0.25, -0.2) is 5.26 Å². The van der Waals surface area contributed by atoms with E-state index in [-0.39, 0.29) is 47.3 Å². The van der Waals surface area contributed by atoms with E-state index >= 15 is 0 Å². The SMILES string of the molecule is COC1CC(C2CCC(N/N=C(\N=NC3CCC(NOO)CC3)C3CCCCC3)CC2OC)CCC1N=N/C(=N\NC1CCC([N+](=O)[O-])CC1)C1CCCCC1. The average Bonchev–Trinajstić information content (AvgIpc) is 3.25. The van der Waals surface area contributed by atoms with Crippen LogP contribution in [0.4, 0.5) is 0 Å². The minimum atomic E-state index is -0.433. The van der Waals surface area contributed by atoms with Crippen molar-refractivity contribution in [1.29, 1.82) is 0 Å². The van der Waals surface area contributed by atoms with E-state index in [4.69, 9.17) is 45.4 Å². The van der Waals surface area contributed by atoms with Crippen LogP contribution in [0, 0.1) is 33.8 Å². The monoisotopic (exact) mass is 787 g/mol. The molecule has 4 N–H and O–H groups in total. The molecule has 6 saturated carbocycles. The van der Waals surface area contributed by atoms with Crippen molar-refractivity contribution in [1.82, 2.24) is 16.3 Å². The predicted molar refractivity (Wildman–Crippen MR) is 214 cm³/mol. The number of ether oxygens (including phenoxy) is 2. The molecule has 56 heavy (non-hydrogen) atoms. The Morgan fingerprint density at radius 1 is 0.625 bits per heavy atom. The first kappa shape index (κ1) is 42.9. The number of nitro groups is 1. The molecule has 6 unspecified atom stereocenters. The molecule has 0 heterocycles. The zero-order chi connectivity index (χ0) is 39.1. The third-order valence-corrected chi connectivity index (χ3v) is 14.1. The van der Waals surface area contributed by atoms with E-state index in [1.165, 1.54) is 38.5 Å². The van der Waals surface area contributed by atoms with Gasteiger partial charge >= 0.3 is 0 Å². The third kappa shape index (κ3) is 12.4. The van der Waals surface area contributed by atoms with Crippen LogP contribution >= 0.6 is 0 Å². The van der Waals surface area contributed by atoms with Crippen LogP contribution in [0.1, 0.15) is 154 Å². The average molecular weight is 787 g/mol. The molecule has 0 saturated heterocycles. The molecule has 6 aliphatic carbocycles. The summed E-state index contributed by atoms with van der Waals surface area (Å²) >= 11 is 0. The van der Waals surface area contributed by atoms with Crippen molar-refractivity contribution in [3.8, 4) is 0 Å². The first-order valence-corrected chi connectivity index (χ1v) is 22.2. The van der Waals surface area contributed by atoms with Gasteiger partial charge in [0.05, 0.1) is 24.3 Å². The summed E-state index contributed by atoms with van der Waals surface area (Å²) in [6.45, 7) is 0. The highest BCUT2D eigenvalue weighted by atomic mass is 17.2. The Kier molecular flexibility index (Phi) is 17.2. The highest BCUT2D eigenvalue weighted by Gasteiger charge is 2.41. The summed E-state index contributed by atoms with van der Waals surface area (Å²) in [6, 6.07) is 0.250. The first-order valence-electron chi connectivity index (χ1n) is 22.2. The minimum absolute atomic E-state index is 0.00818. The molecule has 316 valence electrons. The lowest BCUT2D eigenvalue weighted by Crippen LogP contribution is -2.45. The summed E-state index contributed by atoms with van der Waals surface area (Å²) in [5, 5.41) is 49.1. The maximum atomic E-state index is 11.2. The van der Waals surface area contributed by atoms with Gasteiger partial charge in [0.1, 0.15) is 0 Å². The molecule has 16 nitrogen and oxygen atoms in total. The van der Waals surface area contributed by atoms with Crippen molar-refractivity contribution < 1.29 is 24.6 Å². The van der Waals surface area contributed by atoms with Gasteiger partial charge < -0.3 is 20.3 Å². The van der Waals surface area contributed by atoms with E-state index in [2.05, 4.69) is 21.3 Å². The molecule has 0 amide bonds. The van der Waals surface area contributed by atoms with Gasteiger partial charge in [-0.05, 0) is 115 Å². The summed E-state index contributed by atoms with van der Waals surface area (Å²) in [7, 11) is 3.65. The standard InChI is InChI=1S/C40H70N10O6/c1-54-37-26-33(43-47-39(27-9-5-3-6-10-27)45-41-30-14-16-32(17-15-30)49-56-53)20-23-35(37)29-13-24-36(38(25-29)55-2)44-48-40(28-11-7-4-8-12-28)46-42-31-18-21-34(22-19-31)50(51)52/h27-38,42-43,49,53H,3-26H2,1-2H3/b45-41?,46-40-,47-39-,48-44?. The van der Waals surface area contributed by atoms with E-state index in [9.17, 15) is 10.1 Å². The lowest BCUT2D eigenvalue weighted by atomic mass is 9.69. The van der Waals surface area contributed by atoms with Gasteiger partial charge in [-0.1, -0.05) is 38.5 Å². The Balaban J connectivity index is 1.02. The fourth-order valence-electron chi connectivity index (χ4n) is 10.5. The van der Waals surface area contributed by atoms with Crippen LogP contribution in [0.5, 0.6) is 0 Å². The molecule has 16 heteroatoms. The highest BCUT2D eigenvalue weighted by molar-refractivity contribution is 5.85. The smallest absolute Gasteiger partial charge is 0.213 e. The lowest BCUT2D eigenvalue weighted by Gasteiger charge is -2.43. The number of nitrogens with one attached hydrogen (secondary N) is 3. The van der Waals surface area contributed by atoms with Gasteiger partial charge in [-0.2, -0.15) is 25.9 Å². The first-order chi connectivity index (χ1) is 27.4. The molecule has 0 aromatic carbocycles. The second-order valence-electron chi connectivity index (χ2n) is 17.7. The zero-order valence-corrected chi connectivity index (χ0v) is 34.0. The number of hydrogen-bond acceptors (Lipinski definition) is 13. The van der Waals surface area contributed by atoms with E-state index in [1.54, 1.807) is 7.11 Å². The molecular formula is C40H70N10O6. The number of methoxy groups -OCH3 is 2. The fraction of sp³-hybridized carbons (Fsp3) is 0.950. The van der Waals surface area contributed by atoms with E-state index < -0.39 is 6.04 Å². The maximum absolute atomic E-state index is 11.2. The van der Waals surface area contributed by atoms with Crippen LogP contribution in [0.2, 0.25) is 0 Å². The fourth-order valence-corrected chi connectivity index (χ4v) is 10.5. The Hall–Kier alpha value is -2.66. The molecule has 0 aliphatic heterocycles. The Bertz CT molecular complexity index is 1310. The highest BCUT2D eigenvalue weighted by Crippen LogP contribution is 2.41. The van der Waals surface area contributed by atoms with Crippen LogP contribution in [-0.2, 0) is 14.5 Å². The number of hydrogen-bond donors (Lipinski definition) is 4. The molecule has 6 fully saturated rings. The Labute approximate surface area is 333 Å². The quantitative estimate of drug-likeness (QED) is 0.0335. The maximum Gasteiger partial charge on any atom is 0.213 e. The molecular weight excluding hydrogens is 717 g/mol.